The summed E-state index contributed by atoms with van der Waals surface area (Å²) in [6, 6.07) is 6.98. The molecule has 0 radical (unpaired) electrons. The summed E-state index contributed by atoms with van der Waals surface area (Å²) in [5.41, 5.74) is 7.03. The number of anilines is 1. The molecular formula is C21H36N5O8P. The molecule has 7 N–H and O–H groups in total. The number of hydrogen-bond acceptors (Lipinski definition) is 9. The molecule has 1 fully saturated rings. The van der Waals surface area contributed by atoms with Gasteiger partial charge in [0.25, 0.3) is 0 Å². The smallest absolute Gasteiger partial charge is 0.339 e. The fourth-order valence-electron chi connectivity index (χ4n) is 4.02. The quantitative estimate of drug-likeness (QED) is 0.170. The number of aliphatic hydroxyl groups is 1. The third-order valence-corrected chi connectivity index (χ3v) is 6.59. The SMILES string of the molecule is Nc1ccccc1C(O)CN1CCN(CC(=O)O)CCN(CP(=O)(O)O)CCN(CC(=O)O)CC1. The molecule has 1 saturated heterocycles. The van der Waals surface area contributed by atoms with E-state index in [0.29, 0.717) is 37.4 Å². The number of nitrogens with zero attached hydrogens (tertiary/aromatic N) is 4. The lowest BCUT2D eigenvalue weighted by atomic mass is 10.1. The molecule has 14 heteroatoms. The Morgan fingerprint density at radius 2 is 1.26 bits per heavy atom. The van der Waals surface area contributed by atoms with E-state index in [1.165, 1.54) is 4.90 Å². The molecule has 1 heterocycles. The van der Waals surface area contributed by atoms with Crippen molar-refractivity contribution in [3.05, 3.63) is 29.8 Å². The Balaban J connectivity index is 2.19. The molecule has 0 aromatic heterocycles. The zero-order chi connectivity index (χ0) is 26.0. The van der Waals surface area contributed by atoms with Gasteiger partial charge in [-0.25, -0.2) is 0 Å². The number of carboxylic acid groups (broad SMARTS) is 2. The summed E-state index contributed by atoms with van der Waals surface area (Å²) in [6.45, 7) is 2.16. The second kappa shape index (κ2) is 13.9. The number of hydrogen-bond donors (Lipinski definition) is 6. The van der Waals surface area contributed by atoms with Gasteiger partial charge in [-0.3, -0.25) is 33.8 Å². The van der Waals surface area contributed by atoms with Gasteiger partial charge < -0.3 is 30.8 Å². The highest BCUT2D eigenvalue weighted by Gasteiger charge is 2.24. The van der Waals surface area contributed by atoms with E-state index in [4.69, 9.17) is 5.73 Å². The normalized spacial score (nSPS) is 19.5. The first-order valence-electron chi connectivity index (χ1n) is 11.3. The summed E-state index contributed by atoms with van der Waals surface area (Å²) in [5, 5.41) is 29.4. The molecule has 0 amide bonds. The average Bonchev–Trinajstić information content (AvgIpc) is 2.74. The average molecular weight is 518 g/mol. The number of carbonyl (C=O) groups is 2. The number of nitrogens with two attached hydrogens (primary N) is 1. The Kier molecular flexibility index (Phi) is 11.5. The standard InChI is InChI=1S/C21H36N5O8P/c22-18-4-2-1-3-17(18)19(27)13-23-5-7-24(14-20(28)29)9-11-26(16-35(32,33)34)12-10-25(8-6-23)15-21(30)31/h1-4,19,27H,5-16,22H2,(H,28,29)(H,30,31)(H2,32,33,34). The van der Waals surface area contributed by atoms with E-state index in [0.717, 1.165) is 0 Å². The van der Waals surface area contributed by atoms with Crippen LogP contribution in [0.3, 0.4) is 0 Å². The first kappa shape index (κ1) is 29.1. The second-order valence-corrected chi connectivity index (χ2v) is 10.3. The highest BCUT2D eigenvalue weighted by atomic mass is 31.2. The summed E-state index contributed by atoms with van der Waals surface area (Å²) in [6.07, 6.45) is -1.38. The van der Waals surface area contributed by atoms with Gasteiger partial charge in [0.2, 0.25) is 0 Å². The minimum Gasteiger partial charge on any atom is -0.480 e. The summed E-state index contributed by atoms with van der Waals surface area (Å²) in [4.78, 5) is 48.4. The highest BCUT2D eigenvalue weighted by Crippen LogP contribution is 2.34. The van der Waals surface area contributed by atoms with Gasteiger partial charge in [-0.1, -0.05) is 18.2 Å². The molecule has 1 aromatic carbocycles. The predicted octanol–water partition coefficient (Wildman–Crippen LogP) is -1.17. The van der Waals surface area contributed by atoms with Gasteiger partial charge in [0.15, 0.2) is 0 Å². The van der Waals surface area contributed by atoms with Crippen LogP contribution in [0.15, 0.2) is 24.3 Å². The van der Waals surface area contributed by atoms with Gasteiger partial charge >= 0.3 is 19.5 Å². The molecule has 35 heavy (non-hydrogen) atoms. The summed E-state index contributed by atoms with van der Waals surface area (Å²) in [7, 11) is -4.36. The molecular weight excluding hydrogens is 481 g/mol. The molecule has 1 aliphatic rings. The topological polar surface area (TPSA) is 191 Å². The van der Waals surface area contributed by atoms with Crippen LogP contribution < -0.4 is 5.73 Å². The number of β-amino-alcohol motifs (C(OH)–C–C–N with tert-alkyl or cyclic N) is 1. The highest BCUT2D eigenvalue weighted by molar-refractivity contribution is 7.51. The van der Waals surface area contributed by atoms with Gasteiger partial charge in [-0.05, 0) is 6.07 Å². The molecule has 0 spiro atoms. The van der Waals surface area contributed by atoms with E-state index < -0.39 is 31.9 Å². The molecule has 1 atom stereocenters. The Morgan fingerprint density at radius 3 is 1.69 bits per heavy atom. The third-order valence-electron chi connectivity index (χ3n) is 5.82. The lowest BCUT2D eigenvalue weighted by molar-refractivity contribution is -0.139. The van der Waals surface area contributed by atoms with E-state index in [1.807, 2.05) is 4.90 Å². The molecule has 0 saturated carbocycles. The Bertz CT molecular complexity index is 853. The lowest BCUT2D eigenvalue weighted by Crippen LogP contribution is -2.48. The Labute approximate surface area is 204 Å². The molecule has 13 nitrogen and oxygen atoms in total. The zero-order valence-corrected chi connectivity index (χ0v) is 20.5. The molecule has 0 bridgehead atoms. The molecule has 2 rings (SSSR count). The van der Waals surface area contributed by atoms with Gasteiger partial charge in [-0.2, -0.15) is 0 Å². The van der Waals surface area contributed by atoms with Crippen molar-refractivity contribution in [3.8, 4) is 0 Å². The van der Waals surface area contributed by atoms with E-state index in [-0.39, 0.29) is 45.8 Å². The van der Waals surface area contributed by atoms with Crippen molar-refractivity contribution in [2.75, 3.05) is 84.0 Å². The van der Waals surface area contributed by atoms with Crippen LogP contribution in [0.1, 0.15) is 11.7 Å². The van der Waals surface area contributed by atoms with Crippen molar-refractivity contribution in [1.82, 2.24) is 19.6 Å². The van der Waals surface area contributed by atoms with Crippen LogP contribution >= 0.6 is 7.60 Å². The maximum Gasteiger partial charge on any atom is 0.339 e. The molecule has 198 valence electrons. The van der Waals surface area contributed by atoms with Crippen LogP contribution in [0.25, 0.3) is 0 Å². The number of nitrogen functional groups attached to an aromatic ring is 1. The number of aliphatic carboxylic acids is 2. The minimum atomic E-state index is -4.36. The van der Waals surface area contributed by atoms with Crippen LogP contribution in [0.2, 0.25) is 0 Å². The molecule has 0 aliphatic carbocycles. The van der Waals surface area contributed by atoms with Crippen molar-refractivity contribution in [2.45, 2.75) is 6.10 Å². The first-order chi connectivity index (χ1) is 16.4. The largest absolute Gasteiger partial charge is 0.480 e. The predicted molar refractivity (Wildman–Crippen MR) is 129 cm³/mol. The van der Waals surface area contributed by atoms with E-state index in [9.17, 15) is 39.3 Å². The lowest BCUT2D eigenvalue weighted by Gasteiger charge is -2.34. The number of para-hydroxylation sites is 1. The van der Waals surface area contributed by atoms with Crippen molar-refractivity contribution in [1.29, 1.82) is 0 Å². The van der Waals surface area contributed by atoms with Crippen molar-refractivity contribution >= 4 is 25.2 Å². The number of carboxylic acids is 2. The van der Waals surface area contributed by atoms with Crippen LogP contribution in [0.5, 0.6) is 0 Å². The van der Waals surface area contributed by atoms with Crippen LogP contribution in [-0.4, -0.2) is 135 Å². The maximum absolute atomic E-state index is 11.6. The Morgan fingerprint density at radius 1 is 0.829 bits per heavy atom. The summed E-state index contributed by atoms with van der Waals surface area (Å²) >= 11 is 0. The number of rotatable bonds is 9. The Hall–Kier alpha value is -2.09. The van der Waals surface area contributed by atoms with E-state index >= 15 is 0 Å². The van der Waals surface area contributed by atoms with Crippen molar-refractivity contribution < 1.29 is 39.3 Å². The first-order valence-corrected chi connectivity index (χ1v) is 13.1. The minimum absolute atomic E-state index is 0.211. The summed E-state index contributed by atoms with van der Waals surface area (Å²) < 4.78 is 11.6. The van der Waals surface area contributed by atoms with Gasteiger partial charge in [0.05, 0.1) is 19.2 Å². The molecule has 1 aliphatic heterocycles. The van der Waals surface area contributed by atoms with E-state index in [2.05, 4.69) is 0 Å². The number of aliphatic hydroxyl groups excluding tert-OH is 1. The second-order valence-electron chi connectivity index (χ2n) is 8.71. The third kappa shape index (κ3) is 11.5. The van der Waals surface area contributed by atoms with Crippen LogP contribution in [0.4, 0.5) is 5.69 Å². The van der Waals surface area contributed by atoms with Crippen molar-refractivity contribution in [3.63, 3.8) is 0 Å². The van der Waals surface area contributed by atoms with Crippen LogP contribution in [0, 0.1) is 0 Å². The fourth-order valence-corrected chi connectivity index (χ4v) is 4.82. The van der Waals surface area contributed by atoms with E-state index in [1.54, 1.807) is 34.1 Å². The monoisotopic (exact) mass is 517 g/mol. The van der Waals surface area contributed by atoms with Crippen LogP contribution in [-0.2, 0) is 14.2 Å². The van der Waals surface area contributed by atoms with Gasteiger partial charge in [-0.15, -0.1) is 0 Å². The van der Waals surface area contributed by atoms with Crippen molar-refractivity contribution in [2.24, 2.45) is 0 Å². The zero-order valence-electron chi connectivity index (χ0n) is 19.6. The number of benzene rings is 1. The fraction of sp³-hybridized carbons (Fsp3) is 0.619. The maximum atomic E-state index is 11.6. The molecule has 1 aromatic rings. The van der Waals surface area contributed by atoms with Gasteiger partial charge in [0, 0.05) is 70.2 Å². The van der Waals surface area contributed by atoms with Gasteiger partial charge in [0.1, 0.15) is 6.29 Å². The molecule has 1 unspecified atom stereocenters. The summed E-state index contributed by atoms with van der Waals surface area (Å²) in [5.74, 6) is -2.04.